The van der Waals surface area contributed by atoms with E-state index in [1.54, 1.807) is 0 Å². The zero-order valence-electron chi connectivity index (χ0n) is 25.7. The van der Waals surface area contributed by atoms with Gasteiger partial charge in [-0.1, -0.05) is 37.3 Å². The minimum Gasteiger partial charge on any atom is -0.465 e. The Hall–Kier alpha value is -3.63. The number of allylic oxidation sites excluding steroid dienone is 1. The standard InChI is InChI=1S/C17H19N3O2.C16H21BN2O2/c1-11-2-7-16(19(9-11)17(21)22)12-3-4-13-10-20(14-5-6-14)18-15(13)8-12;1-15(2)16(3,4)21-17(20-15)12-6-5-11-10-19(13-7-8-13)18-14(11)9-12/h3-4,7-8,10-11,14H,2,5-6,9H2,1H3,(H,21,22);5-6,9-10,13H,7-8H2,1-4H3. The molecule has 2 saturated carbocycles. The summed E-state index contributed by atoms with van der Waals surface area (Å²) in [6, 6.07) is 13.5. The van der Waals surface area contributed by atoms with Crippen LogP contribution >= 0.6 is 0 Å². The SMILES string of the molecule is CC1(C)OB(c2ccc3cn(C4CC4)nc3c2)OC1(C)C.CC1CC=C(c2ccc3cn(C4CC4)nc3c2)N(C(=O)O)C1. The van der Waals surface area contributed by atoms with Gasteiger partial charge in [0, 0.05) is 35.3 Å². The van der Waals surface area contributed by atoms with Gasteiger partial charge >= 0.3 is 13.2 Å². The Kier molecular flexibility index (Phi) is 6.70. The van der Waals surface area contributed by atoms with Crippen LogP contribution in [0.2, 0.25) is 0 Å². The molecule has 1 atom stereocenters. The zero-order valence-corrected chi connectivity index (χ0v) is 25.7. The predicted octanol–water partition coefficient (Wildman–Crippen LogP) is 6.40. The smallest absolute Gasteiger partial charge is 0.465 e. The summed E-state index contributed by atoms with van der Waals surface area (Å²) in [7, 11) is -0.314. The van der Waals surface area contributed by atoms with Crippen molar-refractivity contribution < 1.29 is 19.2 Å². The zero-order chi connectivity index (χ0) is 30.1. The lowest BCUT2D eigenvalue weighted by atomic mass is 9.79. The van der Waals surface area contributed by atoms with Gasteiger partial charge in [0.15, 0.2) is 0 Å². The van der Waals surface area contributed by atoms with Gasteiger partial charge in [0.1, 0.15) is 0 Å². The summed E-state index contributed by atoms with van der Waals surface area (Å²) in [5.74, 6) is 0.359. The lowest BCUT2D eigenvalue weighted by molar-refractivity contribution is 0.00578. The molecule has 2 aromatic carbocycles. The monoisotopic (exact) mass is 581 g/mol. The summed E-state index contributed by atoms with van der Waals surface area (Å²) in [5, 5.41) is 21.1. The van der Waals surface area contributed by atoms with E-state index in [2.05, 4.69) is 80.1 Å². The number of nitrogens with zero attached hydrogens (tertiary/aromatic N) is 5. The average molecular weight is 582 g/mol. The van der Waals surface area contributed by atoms with Crippen molar-refractivity contribution >= 4 is 46.2 Å². The maximum Gasteiger partial charge on any atom is 0.494 e. The molecule has 2 aliphatic heterocycles. The number of aromatic nitrogens is 4. The Morgan fingerprint density at radius 2 is 1.44 bits per heavy atom. The highest BCUT2D eigenvalue weighted by molar-refractivity contribution is 6.62. The molecule has 43 heavy (non-hydrogen) atoms. The van der Waals surface area contributed by atoms with Crippen molar-refractivity contribution in [3.8, 4) is 0 Å². The van der Waals surface area contributed by atoms with Crippen LogP contribution < -0.4 is 5.46 Å². The molecule has 10 heteroatoms. The van der Waals surface area contributed by atoms with Gasteiger partial charge < -0.3 is 14.4 Å². The molecular weight excluding hydrogens is 541 g/mol. The summed E-state index contributed by atoms with van der Waals surface area (Å²) in [6.45, 7) is 10.9. The van der Waals surface area contributed by atoms with Crippen molar-refractivity contribution in [1.82, 2.24) is 24.5 Å². The molecular formula is C33H40BN5O4. The van der Waals surface area contributed by atoms with Crippen LogP contribution in [-0.2, 0) is 9.31 Å². The van der Waals surface area contributed by atoms with Gasteiger partial charge in [0.25, 0.3) is 0 Å². The van der Waals surface area contributed by atoms with E-state index >= 15 is 0 Å². The Morgan fingerprint density at radius 1 is 0.884 bits per heavy atom. The molecule has 224 valence electrons. The summed E-state index contributed by atoms with van der Waals surface area (Å²) < 4.78 is 16.4. The quantitative estimate of drug-likeness (QED) is 0.280. The van der Waals surface area contributed by atoms with Crippen LogP contribution in [0.15, 0.2) is 54.9 Å². The van der Waals surface area contributed by atoms with Crippen molar-refractivity contribution in [3.05, 3.63) is 60.4 Å². The molecule has 3 fully saturated rings. The first kappa shape index (κ1) is 28.2. The van der Waals surface area contributed by atoms with Gasteiger partial charge in [0.05, 0.1) is 40.0 Å². The molecule has 1 amide bonds. The van der Waals surface area contributed by atoms with Crippen LogP contribution in [0.3, 0.4) is 0 Å². The van der Waals surface area contributed by atoms with Gasteiger partial charge in [-0.2, -0.15) is 10.2 Å². The third-order valence-corrected chi connectivity index (χ3v) is 9.47. The molecule has 4 heterocycles. The number of carboxylic acid groups (broad SMARTS) is 1. The normalized spacial score (nSPS) is 22.9. The molecule has 0 spiro atoms. The molecule has 0 bridgehead atoms. The van der Waals surface area contributed by atoms with Crippen LogP contribution in [0.1, 0.15) is 84.4 Å². The first-order valence-corrected chi connectivity index (χ1v) is 15.5. The largest absolute Gasteiger partial charge is 0.494 e. The molecule has 1 unspecified atom stereocenters. The summed E-state index contributed by atoms with van der Waals surface area (Å²) >= 11 is 0. The first-order chi connectivity index (χ1) is 20.5. The van der Waals surface area contributed by atoms with Crippen molar-refractivity contribution in [3.63, 3.8) is 0 Å². The van der Waals surface area contributed by atoms with E-state index in [1.807, 2.05) is 29.0 Å². The fourth-order valence-corrected chi connectivity index (χ4v) is 5.79. The number of fused-ring (bicyclic) bond motifs is 2. The van der Waals surface area contributed by atoms with Crippen LogP contribution in [-0.4, -0.2) is 60.5 Å². The van der Waals surface area contributed by atoms with E-state index in [0.717, 1.165) is 39.6 Å². The molecule has 4 aliphatic rings. The topological polar surface area (TPSA) is 94.6 Å². The summed E-state index contributed by atoms with van der Waals surface area (Å²) in [4.78, 5) is 13.0. The molecule has 2 aliphatic carbocycles. The van der Waals surface area contributed by atoms with E-state index in [9.17, 15) is 9.90 Å². The van der Waals surface area contributed by atoms with Crippen molar-refractivity contribution in [2.24, 2.45) is 5.92 Å². The number of hydrogen-bond donors (Lipinski definition) is 1. The van der Waals surface area contributed by atoms with Gasteiger partial charge in [-0.3, -0.25) is 14.3 Å². The third-order valence-electron chi connectivity index (χ3n) is 9.47. The van der Waals surface area contributed by atoms with E-state index in [1.165, 1.54) is 36.0 Å². The van der Waals surface area contributed by atoms with Crippen molar-refractivity contribution in [2.75, 3.05) is 6.54 Å². The molecule has 2 aromatic heterocycles. The fraction of sp³-hybridized carbons (Fsp3) is 0.485. The molecule has 8 rings (SSSR count). The van der Waals surface area contributed by atoms with Crippen LogP contribution in [0.25, 0.3) is 27.5 Å². The second-order valence-corrected chi connectivity index (χ2v) is 13.7. The van der Waals surface area contributed by atoms with E-state index in [4.69, 9.17) is 9.31 Å². The third kappa shape index (κ3) is 5.47. The highest BCUT2D eigenvalue weighted by atomic mass is 16.7. The maximum atomic E-state index is 11.5. The number of amides is 1. The van der Waals surface area contributed by atoms with Gasteiger partial charge in [-0.25, -0.2) is 4.79 Å². The fourth-order valence-electron chi connectivity index (χ4n) is 5.79. The van der Waals surface area contributed by atoms with E-state index in [0.29, 0.717) is 24.5 Å². The molecule has 9 nitrogen and oxygen atoms in total. The molecule has 1 saturated heterocycles. The van der Waals surface area contributed by atoms with Crippen LogP contribution in [0.5, 0.6) is 0 Å². The van der Waals surface area contributed by atoms with Gasteiger partial charge in [-0.15, -0.1) is 0 Å². The highest BCUT2D eigenvalue weighted by Gasteiger charge is 2.51. The Balaban J connectivity index is 0.000000140. The molecule has 1 N–H and O–H groups in total. The maximum absolute atomic E-state index is 11.5. The van der Waals surface area contributed by atoms with Gasteiger partial charge in [-0.05, 0) is 83.3 Å². The summed E-state index contributed by atoms with van der Waals surface area (Å²) in [5.41, 5.74) is 4.11. The van der Waals surface area contributed by atoms with Crippen LogP contribution in [0, 0.1) is 5.92 Å². The Bertz CT molecular complexity index is 1720. The minimum atomic E-state index is -0.888. The number of carbonyl (C=O) groups is 1. The molecule has 0 radical (unpaired) electrons. The van der Waals surface area contributed by atoms with E-state index in [-0.39, 0.29) is 18.3 Å². The Morgan fingerprint density at radius 3 is 2.00 bits per heavy atom. The number of rotatable bonds is 4. The number of hydrogen-bond acceptors (Lipinski definition) is 5. The van der Waals surface area contributed by atoms with Crippen molar-refractivity contribution in [1.29, 1.82) is 0 Å². The van der Waals surface area contributed by atoms with Crippen LogP contribution in [0.4, 0.5) is 4.79 Å². The number of benzene rings is 2. The van der Waals surface area contributed by atoms with Crippen molar-refractivity contribution in [2.45, 2.75) is 90.0 Å². The lowest BCUT2D eigenvalue weighted by Gasteiger charge is -2.32. The highest BCUT2D eigenvalue weighted by Crippen LogP contribution is 2.38. The first-order valence-electron chi connectivity index (χ1n) is 15.5. The molecule has 4 aromatic rings. The lowest BCUT2D eigenvalue weighted by Crippen LogP contribution is -2.41. The average Bonchev–Trinajstić information content (AvgIpc) is 3.89. The van der Waals surface area contributed by atoms with Gasteiger partial charge in [0.2, 0.25) is 0 Å². The van der Waals surface area contributed by atoms with E-state index < -0.39 is 6.09 Å². The second-order valence-electron chi connectivity index (χ2n) is 13.7. The predicted molar refractivity (Wildman–Crippen MR) is 168 cm³/mol. The Labute approximate surface area is 252 Å². The second kappa shape index (κ2) is 10.2. The minimum absolute atomic E-state index is 0.306. The summed E-state index contributed by atoms with van der Waals surface area (Å²) in [6.07, 6.45) is 11.2.